The Balaban J connectivity index is 2.35. The number of methoxy groups -OCH3 is 2. The molecule has 0 aromatic heterocycles. The van der Waals surface area contributed by atoms with Crippen LogP contribution in [0.15, 0.2) is 42.2 Å². The largest absolute Gasteiger partial charge is 0.497 e. The number of carbonyl (C=O) groups excluding carboxylic acids is 1. The molecule has 0 saturated carbocycles. The number of hydrogen-bond donors (Lipinski definition) is 0. The van der Waals surface area contributed by atoms with Crippen LogP contribution in [-0.4, -0.2) is 26.9 Å². The van der Waals surface area contributed by atoms with Crippen molar-refractivity contribution in [2.24, 2.45) is 0 Å². The minimum atomic E-state index is -2.76. The van der Waals surface area contributed by atoms with E-state index in [0.717, 1.165) is 0 Å². The van der Waals surface area contributed by atoms with Crippen LogP contribution in [0.2, 0.25) is 10.0 Å². The predicted octanol–water partition coefficient (Wildman–Crippen LogP) is 5.08. The third-order valence-corrected chi connectivity index (χ3v) is 6.19. The molecule has 25 heavy (non-hydrogen) atoms. The van der Waals surface area contributed by atoms with Gasteiger partial charge in [0.15, 0.2) is 0 Å². The van der Waals surface area contributed by atoms with Gasteiger partial charge in [-0.1, -0.05) is 41.4 Å². The second-order valence-corrected chi connectivity index (χ2v) is 8.97. The van der Waals surface area contributed by atoms with E-state index in [1.165, 1.54) is 7.11 Å². The highest BCUT2D eigenvalue weighted by Gasteiger charge is 2.18. The summed E-state index contributed by atoms with van der Waals surface area (Å²) < 4.78 is 22.8. The summed E-state index contributed by atoms with van der Waals surface area (Å²) in [6.07, 6.45) is 1.67. The van der Waals surface area contributed by atoms with Gasteiger partial charge in [0.05, 0.1) is 29.8 Å². The Hall–Kier alpha value is -1.74. The molecule has 0 fully saturated rings. The smallest absolute Gasteiger partial charge is 0.340 e. The number of halogens is 2. The quantitative estimate of drug-likeness (QED) is 0.520. The zero-order valence-corrected chi connectivity index (χ0v) is 16.4. The SMILES string of the molecule is COC(=O)c1c(Cl)cc(/C=C/[P@@](C)(=O)c2cccc(OC)c2)cc1Cl. The minimum absolute atomic E-state index is 0.107. The topological polar surface area (TPSA) is 52.6 Å². The number of hydrogen-bond acceptors (Lipinski definition) is 4. The highest BCUT2D eigenvalue weighted by atomic mass is 35.5. The van der Waals surface area contributed by atoms with E-state index in [2.05, 4.69) is 4.74 Å². The van der Waals surface area contributed by atoms with Crippen LogP contribution in [-0.2, 0) is 9.30 Å². The monoisotopic (exact) mass is 398 g/mol. The lowest BCUT2D eigenvalue weighted by atomic mass is 10.1. The van der Waals surface area contributed by atoms with Gasteiger partial charge in [-0.25, -0.2) is 4.79 Å². The van der Waals surface area contributed by atoms with Gasteiger partial charge >= 0.3 is 5.97 Å². The molecule has 0 aliphatic carbocycles. The standard InChI is InChI=1S/C18H17Cl2O4P/c1-23-13-5-4-6-14(11-13)25(3,22)8-7-12-9-15(19)17(16(20)10-12)18(21)24-2/h4-11H,1-3H3/b8-7+/t25-/m1/s1. The molecular formula is C18H17Cl2O4P. The Morgan fingerprint density at radius 3 is 2.32 bits per heavy atom. The molecule has 132 valence electrons. The molecule has 0 saturated heterocycles. The van der Waals surface area contributed by atoms with Crippen LogP contribution >= 0.6 is 30.3 Å². The van der Waals surface area contributed by atoms with Gasteiger partial charge in [0, 0.05) is 5.30 Å². The van der Waals surface area contributed by atoms with E-state index in [9.17, 15) is 9.36 Å². The van der Waals surface area contributed by atoms with Crippen molar-refractivity contribution in [1.82, 2.24) is 0 Å². The number of carbonyl (C=O) groups is 1. The van der Waals surface area contributed by atoms with Crippen molar-refractivity contribution in [3.8, 4) is 5.75 Å². The first-order chi connectivity index (χ1) is 11.8. The average Bonchev–Trinajstić information content (AvgIpc) is 2.59. The second-order valence-electron chi connectivity index (χ2n) is 5.36. The van der Waals surface area contributed by atoms with E-state index < -0.39 is 13.1 Å². The van der Waals surface area contributed by atoms with Crippen molar-refractivity contribution < 1.29 is 18.8 Å². The molecule has 0 N–H and O–H groups in total. The number of esters is 1. The number of rotatable bonds is 5. The fraction of sp³-hybridized carbons (Fsp3) is 0.167. The summed E-state index contributed by atoms with van der Waals surface area (Å²) in [5, 5.41) is 1.02. The lowest BCUT2D eigenvalue weighted by Gasteiger charge is -2.10. The molecule has 2 aromatic rings. The van der Waals surface area contributed by atoms with Crippen molar-refractivity contribution in [1.29, 1.82) is 0 Å². The van der Waals surface area contributed by atoms with Crippen molar-refractivity contribution in [2.75, 3.05) is 20.9 Å². The van der Waals surface area contributed by atoms with Crippen molar-refractivity contribution in [2.45, 2.75) is 0 Å². The highest BCUT2D eigenvalue weighted by molar-refractivity contribution is 7.74. The molecule has 0 aliphatic rings. The van der Waals surface area contributed by atoms with Crippen molar-refractivity contribution in [3.05, 3.63) is 63.4 Å². The zero-order valence-electron chi connectivity index (χ0n) is 14.0. The molecule has 0 bridgehead atoms. The Morgan fingerprint density at radius 2 is 1.76 bits per heavy atom. The van der Waals surface area contributed by atoms with E-state index in [1.807, 2.05) is 0 Å². The third kappa shape index (κ3) is 4.66. The van der Waals surface area contributed by atoms with Crippen LogP contribution in [0.5, 0.6) is 5.75 Å². The molecule has 0 unspecified atom stereocenters. The molecule has 0 radical (unpaired) electrons. The van der Waals surface area contributed by atoms with Crippen LogP contribution in [0.1, 0.15) is 15.9 Å². The average molecular weight is 399 g/mol. The second kappa shape index (κ2) is 8.09. The van der Waals surface area contributed by atoms with Gasteiger partial charge in [-0.05, 0) is 42.3 Å². The molecule has 2 rings (SSSR count). The minimum Gasteiger partial charge on any atom is -0.497 e. The van der Waals surface area contributed by atoms with E-state index in [1.54, 1.807) is 62.1 Å². The van der Waals surface area contributed by atoms with Crippen molar-refractivity contribution in [3.63, 3.8) is 0 Å². The van der Waals surface area contributed by atoms with Crippen LogP contribution in [0.3, 0.4) is 0 Å². The molecule has 4 nitrogen and oxygen atoms in total. The zero-order chi connectivity index (χ0) is 18.6. The summed E-state index contributed by atoms with van der Waals surface area (Å²) in [7, 11) is 0.0564. The van der Waals surface area contributed by atoms with Crippen LogP contribution in [0.4, 0.5) is 0 Å². The summed E-state index contributed by atoms with van der Waals surface area (Å²) in [6.45, 7) is 1.66. The molecule has 0 amide bonds. The van der Waals surface area contributed by atoms with Gasteiger partial charge in [-0.15, -0.1) is 0 Å². The Bertz CT molecular complexity index is 854. The van der Waals surface area contributed by atoms with Gasteiger partial charge < -0.3 is 14.0 Å². The van der Waals surface area contributed by atoms with Crippen LogP contribution < -0.4 is 10.0 Å². The molecule has 0 aliphatic heterocycles. The summed E-state index contributed by atoms with van der Waals surface area (Å²) >= 11 is 12.2. The predicted molar refractivity (Wildman–Crippen MR) is 103 cm³/mol. The van der Waals surface area contributed by atoms with Gasteiger partial charge in [-0.3, -0.25) is 0 Å². The van der Waals surface area contributed by atoms with E-state index in [4.69, 9.17) is 27.9 Å². The highest BCUT2D eigenvalue weighted by Crippen LogP contribution is 2.43. The summed E-state index contributed by atoms with van der Waals surface area (Å²) in [5.41, 5.74) is 0.739. The van der Waals surface area contributed by atoms with E-state index in [-0.39, 0.29) is 15.6 Å². The first-order valence-corrected chi connectivity index (χ1v) is 10.2. The van der Waals surface area contributed by atoms with Gasteiger partial charge in [-0.2, -0.15) is 0 Å². The maximum absolute atomic E-state index is 13.0. The van der Waals surface area contributed by atoms with Crippen LogP contribution in [0.25, 0.3) is 6.08 Å². The molecule has 0 heterocycles. The maximum atomic E-state index is 13.0. The summed E-state index contributed by atoms with van der Waals surface area (Å²) in [4.78, 5) is 11.7. The Kier molecular flexibility index (Phi) is 6.34. The maximum Gasteiger partial charge on any atom is 0.340 e. The fourth-order valence-electron chi connectivity index (χ4n) is 2.19. The molecular weight excluding hydrogens is 382 g/mol. The van der Waals surface area contributed by atoms with Gasteiger partial charge in [0.1, 0.15) is 12.9 Å². The van der Waals surface area contributed by atoms with E-state index in [0.29, 0.717) is 16.6 Å². The lowest BCUT2D eigenvalue weighted by Crippen LogP contribution is -2.03. The number of ether oxygens (including phenoxy) is 2. The summed E-state index contributed by atoms with van der Waals surface area (Å²) in [6, 6.07) is 10.2. The Morgan fingerprint density at radius 1 is 1.12 bits per heavy atom. The van der Waals surface area contributed by atoms with Crippen LogP contribution in [0, 0.1) is 0 Å². The third-order valence-electron chi connectivity index (χ3n) is 3.57. The summed E-state index contributed by atoms with van der Waals surface area (Å²) in [5.74, 6) is 1.64. The first-order valence-electron chi connectivity index (χ1n) is 7.27. The molecule has 2 aromatic carbocycles. The molecule has 1 atom stereocenters. The Labute approximate surface area is 156 Å². The van der Waals surface area contributed by atoms with Crippen molar-refractivity contribution >= 4 is 47.7 Å². The fourth-order valence-corrected chi connectivity index (χ4v) is 4.24. The van der Waals surface area contributed by atoms with E-state index >= 15 is 0 Å². The first kappa shape index (κ1) is 19.6. The lowest BCUT2D eigenvalue weighted by molar-refractivity contribution is 0.0601. The molecule has 0 spiro atoms. The molecule has 7 heteroatoms. The van der Waals surface area contributed by atoms with Gasteiger partial charge in [0.25, 0.3) is 0 Å². The van der Waals surface area contributed by atoms with Gasteiger partial charge in [0.2, 0.25) is 0 Å². The number of benzene rings is 2. The normalized spacial score (nSPS) is 13.5.